The molecule has 230 valence electrons. The Kier molecular flexibility index (Phi) is 9.13. The van der Waals surface area contributed by atoms with Crippen molar-refractivity contribution in [2.24, 2.45) is 0 Å². The number of anilines is 3. The molecule has 0 saturated heterocycles. The van der Waals surface area contributed by atoms with Crippen LogP contribution < -0.4 is 15.1 Å². The Labute approximate surface area is 264 Å². The molecule has 0 saturated carbocycles. The minimum absolute atomic E-state index is 0.118. The molecular weight excluding hydrogens is 564 g/mol. The van der Waals surface area contributed by atoms with E-state index in [1.54, 1.807) is 24.3 Å². The number of rotatable bonds is 10. The number of ketones is 1. The van der Waals surface area contributed by atoms with Gasteiger partial charge < -0.3 is 15.1 Å². The first kappa shape index (κ1) is 31.2. The third kappa shape index (κ3) is 6.65. The normalized spacial score (nSPS) is 13.1. The Morgan fingerprint density at radius 1 is 0.800 bits per heavy atom. The zero-order valence-corrected chi connectivity index (χ0v) is 26.3. The van der Waals surface area contributed by atoms with Crippen LogP contribution >= 0.6 is 0 Å². The molecule has 1 aliphatic rings. The number of para-hydroxylation sites is 1. The van der Waals surface area contributed by atoms with Crippen molar-refractivity contribution in [3.8, 4) is 0 Å². The molecule has 1 atom stereocenters. The number of aryl methyl sites for hydroxylation is 1. The SMILES string of the molecule is Cc1ccccc1CN(C(=O)CN1C(=O)C(=O)c2ccccc21)[C@H](C(=O)Nc1ccc(N(C)C)cc1)c1ccc(C(C)C)cc1. The van der Waals surface area contributed by atoms with Crippen molar-refractivity contribution < 1.29 is 19.2 Å². The summed E-state index contributed by atoms with van der Waals surface area (Å²) in [5, 5.41) is 3.02. The van der Waals surface area contributed by atoms with Crippen LogP contribution in [0.5, 0.6) is 0 Å². The number of hydrogen-bond donors (Lipinski definition) is 1. The number of nitrogens with zero attached hydrogens (tertiary/aromatic N) is 3. The number of benzene rings is 4. The summed E-state index contributed by atoms with van der Waals surface area (Å²) >= 11 is 0. The molecule has 1 aliphatic heterocycles. The Hall–Kier alpha value is -5.24. The molecule has 1 heterocycles. The lowest BCUT2D eigenvalue weighted by Gasteiger charge is -2.33. The lowest BCUT2D eigenvalue weighted by Crippen LogP contribution is -2.46. The number of carbonyl (C=O) groups excluding carboxylic acids is 4. The summed E-state index contributed by atoms with van der Waals surface area (Å²) in [6.07, 6.45) is 0. The molecule has 5 rings (SSSR count). The second kappa shape index (κ2) is 13.2. The molecule has 0 aromatic heterocycles. The average Bonchev–Trinajstić information content (AvgIpc) is 3.27. The van der Waals surface area contributed by atoms with Crippen molar-refractivity contribution in [1.82, 2.24) is 4.90 Å². The summed E-state index contributed by atoms with van der Waals surface area (Å²) in [5.41, 5.74) is 5.78. The molecule has 0 spiro atoms. The van der Waals surface area contributed by atoms with E-state index in [1.807, 2.05) is 98.7 Å². The molecule has 4 aromatic rings. The van der Waals surface area contributed by atoms with Gasteiger partial charge in [-0.2, -0.15) is 0 Å². The van der Waals surface area contributed by atoms with Crippen molar-refractivity contribution in [3.63, 3.8) is 0 Å². The van der Waals surface area contributed by atoms with E-state index in [0.717, 1.165) is 22.4 Å². The first-order valence-electron chi connectivity index (χ1n) is 15.0. The van der Waals surface area contributed by atoms with Gasteiger partial charge in [0.15, 0.2) is 0 Å². The fourth-order valence-corrected chi connectivity index (χ4v) is 5.52. The third-order valence-corrected chi connectivity index (χ3v) is 8.22. The number of amides is 3. The van der Waals surface area contributed by atoms with Crippen LogP contribution in [0.2, 0.25) is 0 Å². The molecule has 8 nitrogen and oxygen atoms in total. The van der Waals surface area contributed by atoms with Crippen molar-refractivity contribution in [1.29, 1.82) is 0 Å². The Bertz CT molecular complexity index is 1730. The lowest BCUT2D eigenvalue weighted by atomic mass is 9.97. The maximum Gasteiger partial charge on any atom is 0.299 e. The van der Waals surface area contributed by atoms with Crippen LogP contribution in [0.15, 0.2) is 97.1 Å². The Morgan fingerprint density at radius 2 is 1.42 bits per heavy atom. The smallest absolute Gasteiger partial charge is 0.299 e. The van der Waals surface area contributed by atoms with Gasteiger partial charge in [-0.25, -0.2) is 0 Å². The van der Waals surface area contributed by atoms with E-state index in [4.69, 9.17) is 0 Å². The number of fused-ring (bicyclic) bond motifs is 1. The number of hydrogen-bond acceptors (Lipinski definition) is 5. The molecule has 1 N–H and O–H groups in total. The summed E-state index contributed by atoms with van der Waals surface area (Å²) < 4.78 is 0. The van der Waals surface area contributed by atoms with Crippen molar-refractivity contribution >= 4 is 40.6 Å². The van der Waals surface area contributed by atoms with E-state index < -0.39 is 36.1 Å². The zero-order valence-electron chi connectivity index (χ0n) is 26.3. The van der Waals surface area contributed by atoms with Gasteiger partial charge in [0.1, 0.15) is 12.6 Å². The standard InChI is InChI=1S/C37H38N4O4/c1-24(2)26-14-16-27(17-15-26)34(36(44)38-29-18-20-30(21-19-29)39(4)5)41(22-28-11-7-6-10-25(28)3)33(42)23-40-32-13-9-8-12-31(32)35(43)37(40)45/h6-21,24,34H,22-23H2,1-5H3,(H,38,44)/t34-/m0/s1. The maximum atomic E-state index is 14.4. The van der Waals surface area contributed by atoms with Crippen LogP contribution in [0, 0.1) is 6.92 Å². The van der Waals surface area contributed by atoms with Gasteiger partial charge in [-0.3, -0.25) is 24.1 Å². The third-order valence-electron chi connectivity index (χ3n) is 8.22. The van der Waals surface area contributed by atoms with E-state index in [-0.39, 0.29) is 18.0 Å². The highest BCUT2D eigenvalue weighted by Gasteiger charge is 2.39. The summed E-state index contributed by atoms with van der Waals surface area (Å²) in [7, 11) is 3.88. The summed E-state index contributed by atoms with van der Waals surface area (Å²) in [6, 6.07) is 28.5. The predicted molar refractivity (Wildman–Crippen MR) is 178 cm³/mol. The highest BCUT2D eigenvalue weighted by molar-refractivity contribution is 6.52. The number of Topliss-reactive ketones (excluding diaryl/α,β-unsaturated/α-hetero) is 1. The average molecular weight is 603 g/mol. The highest BCUT2D eigenvalue weighted by Crippen LogP contribution is 2.31. The second-order valence-electron chi connectivity index (χ2n) is 11.8. The van der Waals surface area contributed by atoms with E-state index in [1.165, 1.54) is 9.80 Å². The second-order valence-corrected chi connectivity index (χ2v) is 11.8. The number of nitrogens with one attached hydrogen (secondary N) is 1. The van der Waals surface area contributed by atoms with Crippen molar-refractivity contribution in [3.05, 3.63) is 125 Å². The van der Waals surface area contributed by atoms with Gasteiger partial charge in [0.2, 0.25) is 5.91 Å². The molecule has 3 amide bonds. The predicted octanol–water partition coefficient (Wildman–Crippen LogP) is 6.12. The first-order chi connectivity index (χ1) is 21.5. The van der Waals surface area contributed by atoms with Crippen LogP contribution in [0.1, 0.15) is 58.4 Å². The van der Waals surface area contributed by atoms with Crippen LogP contribution in [0.4, 0.5) is 17.1 Å². The lowest BCUT2D eigenvalue weighted by molar-refractivity contribution is -0.139. The van der Waals surface area contributed by atoms with Crippen LogP contribution in [-0.2, 0) is 20.9 Å². The van der Waals surface area contributed by atoms with Gasteiger partial charge in [0, 0.05) is 32.0 Å². The van der Waals surface area contributed by atoms with Gasteiger partial charge in [-0.05, 0) is 71.5 Å². The molecule has 0 aliphatic carbocycles. The van der Waals surface area contributed by atoms with Crippen molar-refractivity contribution in [2.45, 2.75) is 39.3 Å². The summed E-state index contributed by atoms with van der Waals surface area (Å²) in [4.78, 5) is 59.1. The molecule has 0 bridgehead atoms. The fourth-order valence-electron chi connectivity index (χ4n) is 5.52. The topological polar surface area (TPSA) is 90.0 Å². The Morgan fingerprint density at radius 3 is 2.07 bits per heavy atom. The largest absolute Gasteiger partial charge is 0.378 e. The summed E-state index contributed by atoms with van der Waals surface area (Å²) in [5.74, 6) is -1.99. The Balaban J connectivity index is 1.56. The van der Waals surface area contributed by atoms with Gasteiger partial charge in [-0.1, -0.05) is 74.5 Å². The minimum Gasteiger partial charge on any atom is -0.378 e. The van der Waals surface area contributed by atoms with Gasteiger partial charge >= 0.3 is 0 Å². The van der Waals surface area contributed by atoms with Crippen molar-refractivity contribution in [2.75, 3.05) is 35.8 Å². The summed E-state index contributed by atoms with van der Waals surface area (Å²) in [6.45, 7) is 5.87. The molecule has 4 aromatic carbocycles. The van der Waals surface area contributed by atoms with Crippen LogP contribution in [-0.4, -0.2) is 49.0 Å². The van der Waals surface area contributed by atoms with E-state index in [0.29, 0.717) is 16.9 Å². The van der Waals surface area contributed by atoms with E-state index in [9.17, 15) is 19.2 Å². The fraction of sp³-hybridized carbons (Fsp3) is 0.243. The van der Waals surface area contributed by atoms with Crippen LogP contribution in [0.3, 0.4) is 0 Å². The molecular formula is C37H38N4O4. The molecule has 0 fully saturated rings. The monoisotopic (exact) mass is 602 g/mol. The van der Waals surface area contributed by atoms with Gasteiger partial charge in [0.05, 0.1) is 11.3 Å². The number of carbonyl (C=O) groups is 4. The van der Waals surface area contributed by atoms with Crippen LogP contribution in [0.25, 0.3) is 0 Å². The van der Waals surface area contributed by atoms with Gasteiger partial charge in [0.25, 0.3) is 17.6 Å². The highest BCUT2D eigenvalue weighted by atomic mass is 16.2. The maximum absolute atomic E-state index is 14.4. The van der Waals surface area contributed by atoms with Gasteiger partial charge in [-0.15, -0.1) is 0 Å². The van der Waals surface area contributed by atoms with E-state index in [2.05, 4.69) is 19.2 Å². The molecule has 0 unspecified atom stereocenters. The first-order valence-corrected chi connectivity index (χ1v) is 15.0. The molecule has 45 heavy (non-hydrogen) atoms. The molecule has 8 heteroatoms. The minimum atomic E-state index is -1.03. The van der Waals surface area contributed by atoms with E-state index >= 15 is 0 Å². The zero-order chi connectivity index (χ0) is 32.2. The quantitative estimate of drug-likeness (QED) is 0.221. The molecule has 0 radical (unpaired) electrons.